The molecule has 15 nitrogen and oxygen atoms in total. The maximum absolute atomic E-state index is 10.6. The Morgan fingerprint density at radius 3 is 1.39 bits per heavy atom. The van der Waals surface area contributed by atoms with Crippen LogP contribution in [0.2, 0.25) is 0 Å². The summed E-state index contributed by atoms with van der Waals surface area (Å²) < 4.78 is 26.8. The lowest BCUT2D eigenvalue weighted by Crippen LogP contribution is -2.66. The van der Waals surface area contributed by atoms with E-state index in [0.29, 0.717) is 0 Å². The van der Waals surface area contributed by atoms with Gasteiger partial charge in [0, 0.05) is 0 Å². The molecule has 3 saturated heterocycles. The molecule has 3 aliphatic heterocycles. The molecular formula is C18H32O15. The first kappa shape index (κ1) is 27.0. The smallest absolute Gasteiger partial charge is 0.187 e. The predicted molar refractivity (Wildman–Crippen MR) is 99.8 cm³/mol. The summed E-state index contributed by atoms with van der Waals surface area (Å²) in [6.07, 6.45) is -24.1. The fourth-order valence-electron chi connectivity index (χ4n) is 3.97. The van der Waals surface area contributed by atoms with Crippen LogP contribution in [0.15, 0.2) is 0 Å². The van der Waals surface area contributed by atoms with E-state index in [1.165, 1.54) is 6.92 Å². The molecule has 0 bridgehead atoms. The Hall–Kier alpha value is -0.600. The van der Waals surface area contributed by atoms with Crippen LogP contribution in [0.3, 0.4) is 0 Å². The van der Waals surface area contributed by atoms with Crippen LogP contribution in [0.5, 0.6) is 0 Å². The number of aliphatic hydroxyl groups excluding tert-OH is 10. The zero-order valence-corrected chi connectivity index (χ0v) is 17.6. The molecule has 0 aromatic rings. The maximum atomic E-state index is 10.6. The second kappa shape index (κ2) is 11.0. The number of hydrogen-bond acceptors (Lipinski definition) is 15. The lowest BCUT2D eigenvalue weighted by Gasteiger charge is -2.48. The minimum absolute atomic E-state index is 0.731. The van der Waals surface area contributed by atoms with E-state index in [4.69, 9.17) is 23.7 Å². The molecular weight excluding hydrogens is 456 g/mol. The van der Waals surface area contributed by atoms with Gasteiger partial charge in [0.15, 0.2) is 18.9 Å². The summed E-state index contributed by atoms with van der Waals surface area (Å²) >= 11 is 0. The summed E-state index contributed by atoms with van der Waals surface area (Å²) in [6.45, 7) is -0.0778. The van der Waals surface area contributed by atoms with E-state index in [2.05, 4.69) is 0 Å². The van der Waals surface area contributed by atoms with Crippen LogP contribution in [0.4, 0.5) is 0 Å². The van der Waals surface area contributed by atoms with Gasteiger partial charge >= 0.3 is 0 Å². The van der Waals surface area contributed by atoms with Gasteiger partial charge in [0.25, 0.3) is 0 Å². The molecule has 0 saturated carbocycles. The molecule has 3 aliphatic rings. The van der Waals surface area contributed by atoms with Crippen molar-refractivity contribution < 1.29 is 74.7 Å². The van der Waals surface area contributed by atoms with E-state index in [0.717, 1.165) is 0 Å². The van der Waals surface area contributed by atoms with Gasteiger partial charge in [-0.2, -0.15) is 0 Å². The third-order valence-electron chi connectivity index (χ3n) is 6.06. The highest BCUT2D eigenvalue weighted by Gasteiger charge is 2.53. The van der Waals surface area contributed by atoms with E-state index >= 15 is 0 Å². The summed E-state index contributed by atoms with van der Waals surface area (Å²) in [5, 5.41) is 99.9. The van der Waals surface area contributed by atoms with E-state index in [-0.39, 0.29) is 0 Å². The Kier molecular flexibility index (Phi) is 8.99. The van der Waals surface area contributed by atoms with Crippen LogP contribution in [-0.2, 0) is 23.7 Å². The highest BCUT2D eigenvalue weighted by Crippen LogP contribution is 2.32. The molecule has 0 spiro atoms. The molecule has 1 unspecified atom stereocenters. The first-order valence-electron chi connectivity index (χ1n) is 10.4. The van der Waals surface area contributed by atoms with Gasteiger partial charge in [0.05, 0.1) is 19.3 Å². The average Bonchev–Trinajstić information content (AvgIpc) is 2.79. The zero-order chi connectivity index (χ0) is 24.6. The molecule has 0 amide bonds. The molecule has 0 radical (unpaired) electrons. The third-order valence-corrected chi connectivity index (χ3v) is 6.06. The number of ether oxygens (including phenoxy) is 5. The first-order valence-corrected chi connectivity index (χ1v) is 10.4. The Morgan fingerprint density at radius 2 is 0.970 bits per heavy atom. The zero-order valence-electron chi connectivity index (χ0n) is 17.6. The van der Waals surface area contributed by atoms with Crippen molar-refractivity contribution in [3.8, 4) is 0 Å². The number of rotatable bonds is 6. The Labute approximate surface area is 187 Å². The van der Waals surface area contributed by atoms with E-state index in [9.17, 15) is 51.1 Å². The Morgan fingerprint density at radius 1 is 0.545 bits per heavy atom. The Bertz CT molecular complexity index is 622. The first-order chi connectivity index (χ1) is 15.5. The monoisotopic (exact) mass is 488 g/mol. The van der Waals surface area contributed by atoms with Crippen molar-refractivity contribution in [2.75, 3.05) is 13.2 Å². The molecule has 0 aromatic heterocycles. The molecule has 10 N–H and O–H groups in total. The lowest BCUT2D eigenvalue weighted by atomic mass is 9.96. The van der Waals surface area contributed by atoms with E-state index in [1.807, 2.05) is 0 Å². The molecule has 15 atom stereocenters. The molecule has 0 aliphatic carbocycles. The summed E-state index contributed by atoms with van der Waals surface area (Å²) in [5.74, 6) is 0. The van der Waals surface area contributed by atoms with Crippen LogP contribution in [-0.4, -0.2) is 156 Å². The van der Waals surface area contributed by atoms with E-state index < -0.39 is 105 Å². The van der Waals surface area contributed by atoms with Crippen LogP contribution < -0.4 is 0 Å². The van der Waals surface area contributed by atoms with Gasteiger partial charge in [-0.1, -0.05) is 0 Å². The second-order valence-corrected chi connectivity index (χ2v) is 8.32. The topological polar surface area (TPSA) is 248 Å². The summed E-state index contributed by atoms with van der Waals surface area (Å²) in [4.78, 5) is 0. The van der Waals surface area contributed by atoms with Gasteiger partial charge in [-0.05, 0) is 6.92 Å². The second-order valence-electron chi connectivity index (χ2n) is 8.32. The van der Waals surface area contributed by atoms with Gasteiger partial charge in [0.2, 0.25) is 0 Å². The third kappa shape index (κ3) is 5.32. The molecule has 33 heavy (non-hydrogen) atoms. The molecule has 15 heteroatoms. The van der Waals surface area contributed by atoms with Crippen LogP contribution in [0.1, 0.15) is 6.92 Å². The normalized spacial score (nSPS) is 53.7. The van der Waals surface area contributed by atoms with Crippen molar-refractivity contribution >= 4 is 0 Å². The quantitative estimate of drug-likeness (QED) is 0.167. The van der Waals surface area contributed by atoms with Crippen LogP contribution in [0, 0.1) is 0 Å². The standard InChI is InChI=1S/C18H32O15/c1-4-7(21)14(32-17-12(26)10(24)8(22)5(2-19)30-17)15(16(28)29-4)33-18-13(27)11(25)9(23)6(3-20)31-18/h4-28H,2-3H2,1H3/t4-,5+,6+,7-,8+,9+,10-,11-,12+,13+,14+,15+,16?,17-,18-/m0/s1. The largest absolute Gasteiger partial charge is 0.394 e. The van der Waals surface area contributed by atoms with Gasteiger partial charge in [-0.15, -0.1) is 0 Å². The minimum Gasteiger partial charge on any atom is -0.394 e. The predicted octanol–water partition coefficient (Wildman–Crippen LogP) is -6.55. The fraction of sp³-hybridized carbons (Fsp3) is 1.00. The van der Waals surface area contributed by atoms with Gasteiger partial charge in [-0.3, -0.25) is 0 Å². The number of aliphatic hydroxyl groups is 10. The summed E-state index contributed by atoms with van der Waals surface area (Å²) in [7, 11) is 0. The number of hydrogen-bond donors (Lipinski definition) is 10. The molecule has 3 heterocycles. The van der Waals surface area contributed by atoms with Gasteiger partial charge < -0.3 is 74.7 Å². The molecule has 3 rings (SSSR count). The molecule has 3 fully saturated rings. The SMILES string of the molecule is C[C@@H]1OC(O)[C@H](O[C@@H]2O[C@H](CO)[C@@H](O)[C@H](O)[C@H]2O)[C@H](O[C@@H]2O[C@H](CO)[C@@H](O)[C@H](O)[C@H]2O)[C@H]1O. The lowest BCUT2D eigenvalue weighted by molar-refractivity contribution is -0.385. The van der Waals surface area contributed by atoms with Crippen molar-refractivity contribution in [3.63, 3.8) is 0 Å². The maximum Gasteiger partial charge on any atom is 0.187 e. The van der Waals surface area contributed by atoms with Crippen molar-refractivity contribution in [2.45, 2.75) is 99.0 Å². The average molecular weight is 488 g/mol. The van der Waals surface area contributed by atoms with Crippen molar-refractivity contribution in [3.05, 3.63) is 0 Å². The van der Waals surface area contributed by atoms with Crippen molar-refractivity contribution in [1.82, 2.24) is 0 Å². The summed E-state index contributed by atoms with van der Waals surface area (Å²) in [6, 6.07) is 0. The van der Waals surface area contributed by atoms with Gasteiger partial charge in [-0.25, -0.2) is 0 Å². The Balaban J connectivity index is 1.80. The van der Waals surface area contributed by atoms with Crippen LogP contribution >= 0.6 is 0 Å². The highest BCUT2D eigenvalue weighted by molar-refractivity contribution is 4.95. The van der Waals surface area contributed by atoms with Gasteiger partial charge in [0.1, 0.15) is 67.1 Å². The van der Waals surface area contributed by atoms with Crippen molar-refractivity contribution in [2.24, 2.45) is 0 Å². The summed E-state index contributed by atoms with van der Waals surface area (Å²) in [5.41, 5.74) is 0. The fourth-order valence-corrected chi connectivity index (χ4v) is 3.97. The van der Waals surface area contributed by atoms with Crippen molar-refractivity contribution in [1.29, 1.82) is 0 Å². The minimum atomic E-state index is -1.83. The molecule has 0 aromatic carbocycles. The van der Waals surface area contributed by atoms with Crippen LogP contribution in [0.25, 0.3) is 0 Å². The molecule has 194 valence electrons. The highest BCUT2D eigenvalue weighted by atomic mass is 16.8. The van der Waals surface area contributed by atoms with E-state index in [1.54, 1.807) is 0 Å².